The van der Waals surface area contributed by atoms with E-state index in [0.29, 0.717) is 47.6 Å². The lowest BCUT2D eigenvalue weighted by Gasteiger charge is -2.44. The second-order valence-electron chi connectivity index (χ2n) is 10.00. The van der Waals surface area contributed by atoms with Crippen LogP contribution < -0.4 is 0 Å². The van der Waals surface area contributed by atoms with Crippen LogP contribution >= 0.6 is 11.6 Å². The monoisotopic (exact) mass is 450 g/mol. The number of carbonyl (C=O) groups excluding carboxylic acids is 1. The first-order chi connectivity index (χ1) is 14.8. The van der Waals surface area contributed by atoms with E-state index in [9.17, 15) is 9.90 Å². The molecule has 1 aliphatic heterocycles. The number of hydrogen-bond donors (Lipinski definition) is 1. The minimum atomic E-state index is -1.06. The summed E-state index contributed by atoms with van der Waals surface area (Å²) in [5, 5.41) is 11.4. The van der Waals surface area contributed by atoms with E-state index in [2.05, 4.69) is 20.8 Å². The Morgan fingerprint density at radius 3 is 2.55 bits per heavy atom. The van der Waals surface area contributed by atoms with Crippen LogP contribution in [0.3, 0.4) is 0 Å². The molecule has 3 unspecified atom stereocenters. The summed E-state index contributed by atoms with van der Waals surface area (Å²) in [4.78, 5) is 12.4. The molecule has 0 aromatic heterocycles. The SMILES string of the molecule is CC1CC[C@@H]2C(CO1)[C@H]([C@@H](C)[C@H](O)OC(=O)CCC(C)c1ccc(Cl)cc1)CC[C@H]2C. The van der Waals surface area contributed by atoms with Crippen LogP contribution in [0.1, 0.15) is 77.7 Å². The molecule has 3 rings (SSSR count). The summed E-state index contributed by atoms with van der Waals surface area (Å²) in [7, 11) is 0. The summed E-state index contributed by atoms with van der Waals surface area (Å²) in [6.07, 6.45) is 4.75. The minimum absolute atomic E-state index is 0.0883. The lowest BCUT2D eigenvalue weighted by Crippen LogP contribution is -2.42. The third-order valence-corrected chi connectivity index (χ3v) is 8.12. The zero-order chi connectivity index (χ0) is 22.5. The van der Waals surface area contributed by atoms with Crippen LogP contribution in [-0.4, -0.2) is 30.1 Å². The molecule has 5 heteroatoms. The van der Waals surface area contributed by atoms with Crippen LogP contribution in [0.2, 0.25) is 5.02 Å². The van der Waals surface area contributed by atoms with Crippen molar-refractivity contribution in [1.82, 2.24) is 0 Å². The van der Waals surface area contributed by atoms with Gasteiger partial charge in [0, 0.05) is 17.4 Å². The molecule has 1 saturated carbocycles. The Morgan fingerprint density at radius 1 is 1.13 bits per heavy atom. The molecule has 1 aliphatic carbocycles. The first-order valence-electron chi connectivity index (χ1n) is 12.0. The summed E-state index contributed by atoms with van der Waals surface area (Å²) < 4.78 is 11.6. The van der Waals surface area contributed by atoms with E-state index in [-0.39, 0.29) is 17.8 Å². The molecule has 0 amide bonds. The summed E-state index contributed by atoms with van der Waals surface area (Å²) in [5.74, 6) is 1.89. The third-order valence-electron chi connectivity index (χ3n) is 7.86. The van der Waals surface area contributed by atoms with Crippen molar-refractivity contribution in [3.63, 3.8) is 0 Å². The zero-order valence-corrected chi connectivity index (χ0v) is 20.2. The van der Waals surface area contributed by atoms with E-state index in [4.69, 9.17) is 21.1 Å². The summed E-state index contributed by atoms with van der Waals surface area (Å²) >= 11 is 5.95. The van der Waals surface area contributed by atoms with E-state index in [0.717, 1.165) is 25.0 Å². The maximum Gasteiger partial charge on any atom is 0.308 e. The molecule has 1 aromatic rings. The van der Waals surface area contributed by atoms with Crippen LogP contribution in [0, 0.1) is 29.6 Å². The number of aliphatic hydroxyl groups is 1. The van der Waals surface area contributed by atoms with Gasteiger partial charge >= 0.3 is 5.97 Å². The van der Waals surface area contributed by atoms with E-state index >= 15 is 0 Å². The molecular formula is C26H39ClO4. The maximum atomic E-state index is 12.4. The van der Waals surface area contributed by atoms with Crippen molar-refractivity contribution in [2.24, 2.45) is 29.6 Å². The molecular weight excluding hydrogens is 412 g/mol. The molecule has 1 heterocycles. The highest BCUT2D eigenvalue weighted by atomic mass is 35.5. The molecule has 0 spiro atoms. The van der Waals surface area contributed by atoms with E-state index < -0.39 is 6.29 Å². The first-order valence-corrected chi connectivity index (χ1v) is 12.4. The van der Waals surface area contributed by atoms with Gasteiger partial charge in [0.05, 0.1) is 12.7 Å². The average Bonchev–Trinajstić information content (AvgIpc) is 2.95. The van der Waals surface area contributed by atoms with Crippen molar-refractivity contribution < 1.29 is 19.4 Å². The molecule has 0 bridgehead atoms. The Kier molecular flexibility index (Phi) is 8.83. The number of halogens is 1. The van der Waals surface area contributed by atoms with Crippen LogP contribution in [0.25, 0.3) is 0 Å². The zero-order valence-electron chi connectivity index (χ0n) is 19.4. The topological polar surface area (TPSA) is 55.8 Å². The lowest BCUT2D eigenvalue weighted by molar-refractivity contribution is -0.184. The largest absolute Gasteiger partial charge is 0.436 e. The molecule has 2 aliphatic rings. The Hall–Kier alpha value is -1.10. The van der Waals surface area contributed by atoms with Gasteiger partial charge in [-0.05, 0) is 79.9 Å². The minimum Gasteiger partial charge on any atom is -0.436 e. The Balaban J connectivity index is 1.52. The predicted octanol–water partition coefficient (Wildman–Crippen LogP) is 6.20. The normalized spacial score (nSPS) is 31.7. The summed E-state index contributed by atoms with van der Waals surface area (Å²) in [6, 6.07) is 7.72. The summed E-state index contributed by atoms with van der Waals surface area (Å²) in [6.45, 7) is 9.38. The van der Waals surface area contributed by atoms with Gasteiger partial charge in [0.2, 0.25) is 6.29 Å². The fourth-order valence-electron chi connectivity index (χ4n) is 5.61. The van der Waals surface area contributed by atoms with Gasteiger partial charge in [0.15, 0.2) is 0 Å². The highest BCUT2D eigenvalue weighted by Gasteiger charge is 2.43. The highest BCUT2D eigenvalue weighted by Crippen LogP contribution is 2.46. The molecule has 8 atom stereocenters. The predicted molar refractivity (Wildman–Crippen MR) is 124 cm³/mol. The third kappa shape index (κ3) is 6.46. The van der Waals surface area contributed by atoms with Crippen LogP contribution in [0.4, 0.5) is 0 Å². The number of carbonyl (C=O) groups is 1. The standard InChI is InChI=1S/C26H39ClO4/c1-16(20-8-10-21(27)11-9-20)6-14-25(28)31-26(29)19(4)23-12-5-17(2)22-13-7-18(3)30-15-24(22)23/h8-11,16-19,22-24,26,29H,5-7,12-15H2,1-4H3/t16?,17-,18?,19-,22+,23+,24?,26-/m1/s1. The quantitative estimate of drug-likeness (QED) is 0.397. The fourth-order valence-corrected chi connectivity index (χ4v) is 5.74. The smallest absolute Gasteiger partial charge is 0.308 e. The second kappa shape index (κ2) is 11.2. The molecule has 1 saturated heterocycles. The van der Waals surface area contributed by atoms with Crippen molar-refractivity contribution in [3.05, 3.63) is 34.9 Å². The number of hydrogen-bond acceptors (Lipinski definition) is 4. The molecule has 1 aromatic carbocycles. The Bertz CT molecular complexity index is 706. The lowest BCUT2D eigenvalue weighted by atomic mass is 9.62. The van der Waals surface area contributed by atoms with Gasteiger partial charge in [-0.3, -0.25) is 4.79 Å². The Labute approximate surface area is 192 Å². The molecule has 4 nitrogen and oxygen atoms in total. The van der Waals surface area contributed by atoms with Crippen molar-refractivity contribution in [2.45, 2.75) is 84.5 Å². The number of benzene rings is 1. The van der Waals surface area contributed by atoms with Gasteiger partial charge < -0.3 is 14.6 Å². The van der Waals surface area contributed by atoms with Gasteiger partial charge in [-0.25, -0.2) is 0 Å². The molecule has 174 valence electrons. The van der Waals surface area contributed by atoms with Gasteiger partial charge in [0.25, 0.3) is 0 Å². The number of aliphatic hydroxyl groups excluding tert-OH is 1. The number of ether oxygens (including phenoxy) is 2. The number of esters is 1. The summed E-state index contributed by atoms with van der Waals surface area (Å²) in [5.41, 5.74) is 1.15. The van der Waals surface area contributed by atoms with Gasteiger partial charge in [-0.1, -0.05) is 50.9 Å². The molecule has 2 fully saturated rings. The highest BCUT2D eigenvalue weighted by molar-refractivity contribution is 6.30. The molecule has 0 radical (unpaired) electrons. The van der Waals surface area contributed by atoms with Crippen molar-refractivity contribution >= 4 is 17.6 Å². The van der Waals surface area contributed by atoms with Gasteiger partial charge in [-0.2, -0.15) is 0 Å². The average molecular weight is 451 g/mol. The van der Waals surface area contributed by atoms with Crippen molar-refractivity contribution in [1.29, 1.82) is 0 Å². The second-order valence-corrected chi connectivity index (χ2v) is 10.4. The first kappa shape index (κ1) is 24.5. The Morgan fingerprint density at radius 2 is 1.84 bits per heavy atom. The fraction of sp³-hybridized carbons (Fsp3) is 0.731. The van der Waals surface area contributed by atoms with Crippen molar-refractivity contribution in [3.8, 4) is 0 Å². The maximum absolute atomic E-state index is 12.4. The number of fused-ring (bicyclic) bond motifs is 1. The van der Waals surface area contributed by atoms with E-state index in [1.54, 1.807) is 0 Å². The van der Waals surface area contributed by atoms with Crippen LogP contribution in [0.15, 0.2) is 24.3 Å². The molecule has 31 heavy (non-hydrogen) atoms. The van der Waals surface area contributed by atoms with Gasteiger partial charge in [0.1, 0.15) is 0 Å². The van der Waals surface area contributed by atoms with E-state index in [1.165, 1.54) is 12.8 Å². The number of rotatable bonds is 7. The van der Waals surface area contributed by atoms with Gasteiger partial charge in [-0.15, -0.1) is 0 Å². The van der Waals surface area contributed by atoms with E-state index in [1.807, 2.05) is 31.2 Å². The van der Waals surface area contributed by atoms with Crippen LogP contribution in [0.5, 0.6) is 0 Å². The van der Waals surface area contributed by atoms with Crippen molar-refractivity contribution in [2.75, 3.05) is 6.61 Å². The van der Waals surface area contributed by atoms with Crippen LogP contribution in [-0.2, 0) is 14.3 Å². The molecule has 1 N–H and O–H groups in total.